The molecule has 2 atom stereocenters. The van der Waals surface area contributed by atoms with Gasteiger partial charge in [0.05, 0.1) is 0 Å². The Labute approximate surface area is 167 Å². The molecule has 0 radical (unpaired) electrons. The molecule has 1 aromatic carbocycles. The number of aliphatic hydroxyl groups excluding tert-OH is 4. The molecule has 11 heteroatoms. The van der Waals surface area contributed by atoms with Crippen LogP contribution in [0.1, 0.15) is 33.6 Å². The Kier molecular flexibility index (Phi) is 10.2. The predicted octanol–water partition coefficient (Wildman–Crippen LogP) is -1.53. The number of nitrogens with one attached hydrogen (secondary N) is 2. The van der Waals surface area contributed by atoms with Gasteiger partial charge in [-0.3, -0.25) is 14.4 Å². The molecule has 0 aliphatic rings. The molecule has 0 spiro atoms. The van der Waals surface area contributed by atoms with Crippen molar-refractivity contribution >= 4 is 23.4 Å². The first-order valence-corrected chi connectivity index (χ1v) is 8.83. The summed E-state index contributed by atoms with van der Waals surface area (Å²) in [6.45, 7) is -0.918. The molecule has 162 valence electrons. The Morgan fingerprint density at radius 3 is 2.28 bits per heavy atom. The van der Waals surface area contributed by atoms with Crippen LogP contribution in [0.25, 0.3) is 0 Å². The van der Waals surface area contributed by atoms with Gasteiger partial charge in [-0.15, -0.1) is 0 Å². The van der Waals surface area contributed by atoms with Gasteiger partial charge in [0.25, 0.3) is 11.8 Å². The number of ether oxygens (including phenoxy) is 1. The fourth-order valence-electron chi connectivity index (χ4n) is 2.36. The topological polar surface area (TPSA) is 169 Å². The molecule has 0 saturated heterocycles. The van der Waals surface area contributed by atoms with E-state index < -0.39 is 30.2 Å². The molecule has 1 aromatic rings. The molecule has 0 heterocycles. The van der Waals surface area contributed by atoms with E-state index in [9.17, 15) is 24.6 Å². The van der Waals surface area contributed by atoms with E-state index in [-0.39, 0.29) is 49.5 Å². The third-order valence-electron chi connectivity index (χ3n) is 3.86. The van der Waals surface area contributed by atoms with Crippen LogP contribution in [0.2, 0.25) is 0 Å². The minimum Gasteiger partial charge on any atom is -0.396 e. The van der Waals surface area contributed by atoms with Gasteiger partial charge in [-0.05, 0) is 18.2 Å². The number of nitrogens with zero attached hydrogens (tertiary/aromatic N) is 1. The fourth-order valence-corrected chi connectivity index (χ4v) is 2.36. The number of methoxy groups -OCH3 is 1. The van der Waals surface area contributed by atoms with Crippen LogP contribution in [0.5, 0.6) is 0 Å². The maximum absolute atomic E-state index is 12.7. The summed E-state index contributed by atoms with van der Waals surface area (Å²) in [5.41, 5.74) is 0.0804. The molecule has 0 aliphatic heterocycles. The minimum atomic E-state index is -1.30. The average molecular weight is 413 g/mol. The lowest BCUT2D eigenvalue weighted by molar-refractivity contribution is -0.119. The highest BCUT2D eigenvalue weighted by Gasteiger charge is 2.21. The Morgan fingerprint density at radius 1 is 1.07 bits per heavy atom. The number of hydrogen-bond acceptors (Lipinski definition) is 8. The zero-order valence-corrected chi connectivity index (χ0v) is 16.3. The summed E-state index contributed by atoms with van der Waals surface area (Å²) in [6, 6.07) is 3.85. The molecule has 11 nitrogen and oxygen atoms in total. The predicted molar refractivity (Wildman–Crippen MR) is 102 cm³/mol. The largest absolute Gasteiger partial charge is 0.396 e. The van der Waals surface area contributed by atoms with Gasteiger partial charge >= 0.3 is 0 Å². The lowest BCUT2D eigenvalue weighted by Gasteiger charge is -2.23. The van der Waals surface area contributed by atoms with Crippen molar-refractivity contribution in [3.05, 3.63) is 29.3 Å². The van der Waals surface area contributed by atoms with Crippen LogP contribution in [0.3, 0.4) is 0 Å². The van der Waals surface area contributed by atoms with Crippen molar-refractivity contribution in [3.8, 4) is 0 Å². The number of benzene rings is 1. The smallest absolute Gasteiger partial charge is 0.255 e. The molecule has 0 saturated carbocycles. The quantitative estimate of drug-likeness (QED) is 0.238. The second kappa shape index (κ2) is 12.1. The van der Waals surface area contributed by atoms with Gasteiger partial charge in [0.15, 0.2) is 0 Å². The van der Waals surface area contributed by atoms with Crippen molar-refractivity contribution in [1.29, 1.82) is 0 Å². The Morgan fingerprint density at radius 2 is 1.69 bits per heavy atom. The molecular formula is C18H27N3O8. The molecule has 1 rings (SSSR count). The summed E-state index contributed by atoms with van der Waals surface area (Å²) in [6.07, 6.45) is -2.69. The third-order valence-corrected chi connectivity index (χ3v) is 3.86. The lowest BCUT2D eigenvalue weighted by Crippen LogP contribution is -2.38. The molecule has 0 fully saturated rings. The zero-order chi connectivity index (χ0) is 22.0. The normalized spacial score (nSPS) is 12.8. The van der Waals surface area contributed by atoms with E-state index >= 15 is 0 Å². The van der Waals surface area contributed by atoms with Crippen molar-refractivity contribution in [3.63, 3.8) is 0 Å². The number of carbonyl (C=O) groups is 3. The van der Waals surface area contributed by atoms with Crippen LogP contribution >= 0.6 is 0 Å². The first-order valence-electron chi connectivity index (χ1n) is 8.83. The van der Waals surface area contributed by atoms with E-state index in [1.807, 2.05) is 0 Å². The highest BCUT2D eigenvalue weighted by molar-refractivity contribution is 6.02. The van der Waals surface area contributed by atoms with Crippen LogP contribution in [0.4, 0.5) is 5.69 Å². The van der Waals surface area contributed by atoms with Crippen LogP contribution < -0.4 is 10.6 Å². The van der Waals surface area contributed by atoms with Crippen molar-refractivity contribution in [2.75, 3.05) is 39.3 Å². The van der Waals surface area contributed by atoms with Gasteiger partial charge in [0, 0.05) is 57.0 Å². The molecule has 29 heavy (non-hydrogen) atoms. The lowest BCUT2D eigenvalue weighted by atomic mass is 10.1. The summed E-state index contributed by atoms with van der Waals surface area (Å²) >= 11 is 0. The maximum atomic E-state index is 12.7. The van der Waals surface area contributed by atoms with Crippen LogP contribution in [0.15, 0.2) is 18.2 Å². The first-order chi connectivity index (χ1) is 13.7. The molecule has 0 aromatic heterocycles. The van der Waals surface area contributed by atoms with Crippen molar-refractivity contribution in [2.24, 2.45) is 0 Å². The van der Waals surface area contributed by atoms with Gasteiger partial charge < -0.3 is 40.7 Å². The molecule has 0 aliphatic carbocycles. The standard InChI is InChI=1S/C18H27N3O8/c1-21(16(26)4-6-23)18(28)12-7-11(17(27)20-14(24)3-5-22)8-13(9-12)19-15(25)10-29-2/h7-9,14,16,22-24,26H,3-6,10H2,1-2H3,(H,19,25)(H,20,27). The van der Waals surface area contributed by atoms with Gasteiger partial charge in [0.1, 0.15) is 19.1 Å². The molecule has 3 amide bonds. The Bertz CT molecular complexity index is 712. The van der Waals surface area contributed by atoms with E-state index in [0.717, 1.165) is 4.90 Å². The van der Waals surface area contributed by atoms with Gasteiger partial charge in [0.2, 0.25) is 5.91 Å². The Balaban J connectivity index is 3.20. The highest BCUT2D eigenvalue weighted by atomic mass is 16.5. The maximum Gasteiger partial charge on any atom is 0.255 e. The highest BCUT2D eigenvalue weighted by Crippen LogP contribution is 2.18. The van der Waals surface area contributed by atoms with Crippen LogP contribution in [-0.4, -0.2) is 89.5 Å². The van der Waals surface area contributed by atoms with E-state index in [0.29, 0.717) is 0 Å². The SMILES string of the molecule is COCC(=O)Nc1cc(C(=O)NC(O)CCO)cc(C(=O)N(C)C(O)CCO)c1. The summed E-state index contributed by atoms with van der Waals surface area (Å²) in [5.74, 6) is -1.91. The fraction of sp³-hybridized carbons (Fsp3) is 0.500. The zero-order valence-electron chi connectivity index (χ0n) is 16.3. The third kappa shape index (κ3) is 7.75. The molecule has 0 bridgehead atoms. The monoisotopic (exact) mass is 413 g/mol. The number of carbonyl (C=O) groups excluding carboxylic acids is 3. The van der Waals surface area contributed by atoms with Gasteiger partial charge in [-0.25, -0.2) is 0 Å². The van der Waals surface area contributed by atoms with Crippen molar-refractivity contribution < 1.29 is 39.5 Å². The summed E-state index contributed by atoms with van der Waals surface area (Å²) in [7, 11) is 2.65. The van der Waals surface area contributed by atoms with E-state index in [4.69, 9.17) is 14.9 Å². The second-order valence-corrected chi connectivity index (χ2v) is 6.19. The molecule has 6 N–H and O–H groups in total. The van der Waals surface area contributed by atoms with E-state index in [1.54, 1.807) is 0 Å². The number of anilines is 1. The second-order valence-electron chi connectivity index (χ2n) is 6.19. The molecular weight excluding hydrogens is 386 g/mol. The summed E-state index contributed by atoms with van der Waals surface area (Å²) < 4.78 is 4.73. The number of rotatable bonds is 11. The molecule has 2 unspecified atom stereocenters. The summed E-state index contributed by atoms with van der Waals surface area (Å²) in [4.78, 5) is 37.8. The number of hydrogen-bond donors (Lipinski definition) is 6. The van der Waals surface area contributed by atoms with Crippen molar-refractivity contribution in [1.82, 2.24) is 10.2 Å². The minimum absolute atomic E-state index is 0.0125. The Hall–Kier alpha value is -2.57. The van der Waals surface area contributed by atoms with Gasteiger partial charge in [-0.1, -0.05) is 0 Å². The van der Waals surface area contributed by atoms with E-state index in [1.165, 1.54) is 32.4 Å². The van der Waals surface area contributed by atoms with E-state index in [2.05, 4.69) is 10.6 Å². The van der Waals surface area contributed by atoms with Crippen molar-refractivity contribution in [2.45, 2.75) is 25.3 Å². The summed E-state index contributed by atoms with van der Waals surface area (Å²) in [5, 5.41) is 42.1. The van der Waals surface area contributed by atoms with Gasteiger partial charge in [-0.2, -0.15) is 0 Å². The average Bonchev–Trinajstić information content (AvgIpc) is 2.66. The number of aliphatic hydroxyl groups is 4. The number of amides is 3. The van der Waals surface area contributed by atoms with Crippen LogP contribution in [0, 0.1) is 0 Å². The first kappa shape index (κ1) is 24.5. The van der Waals surface area contributed by atoms with Crippen LogP contribution in [-0.2, 0) is 9.53 Å².